The lowest BCUT2D eigenvalue weighted by Gasteiger charge is -2.07. The van der Waals surface area contributed by atoms with Crippen LogP contribution in [0.25, 0.3) is 0 Å². The fourth-order valence-electron chi connectivity index (χ4n) is 0.271. The molecule has 56 valence electrons. The third-order valence-corrected chi connectivity index (χ3v) is 3.62. The van der Waals surface area contributed by atoms with E-state index in [0.29, 0.717) is 6.61 Å². The zero-order valence-corrected chi connectivity index (χ0v) is 7.37. The van der Waals surface area contributed by atoms with Gasteiger partial charge >= 0.3 is 6.72 Å². The van der Waals surface area contributed by atoms with Gasteiger partial charge in [0.1, 0.15) is 0 Å². The Hall–Kier alpha value is 0.500. The van der Waals surface area contributed by atoms with Gasteiger partial charge in [-0.25, -0.2) is 0 Å². The molecule has 0 fully saturated rings. The fraction of sp³-hybridized carbons (Fsp3) is 1.00. The van der Waals surface area contributed by atoms with Crippen LogP contribution in [0.3, 0.4) is 0 Å². The molecule has 0 rings (SSSR count). The van der Waals surface area contributed by atoms with E-state index in [2.05, 4.69) is 0 Å². The maximum absolute atomic E-state index is 10.9. The van der Waals surface area contributed by atoms with E-state index in [1.54, 1.807) is 6.26 Å². The summed E-state index contributed by atoms with van der Waals surface area (Å²) < 4.78 is 15.7. The van der Waals surface area contributed by atoms with Crippen LogP contribution < -0.4 is 5.50 Å². The quantitative estimate of drug-likeness (QED) is 0.652. The summed E-state index contributed by atoms with van der Waals surface area (Å²) in [4.78, 5) is 0. The third-order valence-electron chi connectivity index (χ3n) is 0.730. The summed E-state index contributed by atoms with van der Waals surface area (Å²) in [6, 6.07) is 0. The van der Waals surface area contributed by atoms with Crippen LogP contribution in [0.15, 0.2) is 0 Å². The molecule has 0 saturated heterocycles. The normalized spacial score (nSPS) is 17.2. The van der Waals surface area contributed by atoms with Gasteiger partial charge in [-0.15, -0.1) is 0 Å². The highest BCUT2D eigenvalue weighted by Gasteiger charge is 2.12. The minimum Gasteiger partial charge on any atom is -0.310 e. The molecular weight excluding hydrogens is 157 g/mol. The van der Waals surface area contributed by atoms with Gasteiger partial charge in [-0.3, -0.25) is 10.1 Å². The first-order valence-corrected chi connectivity index (χ1v) is 6.23. The van der Waals surface area contributed by atoms with Crippen LogP contribution in [0.5, 0.6) is 0 Å². The van der Waals surface area contributed by atoms with Gasteiger partial charge in [0.2, 0.25) is 0 Å². The monoisotopic (exact) mass is 169 g/mol. The van der Waals surface area contributed by atoms with Gasteiger partial charge in [-0.1, -0.05) is 18.3 Å². The molecule has 0 saturated carbocycles. The van der Waals surface area contributed by atoms with E-state index < -0.39 is 6.72 Å². The standard InChI is InChI=1S/C4H12NO2PS/c1-3-4-7-8(5,6)9-2/h3-4H2,1-2H3,(H2,5,6). The molecule has 0 heterocycles. The Morgan fingerprint density at radius 2 is 2.33 bits per heavy atom. The molecule has 0 bridgehead atoms. The molecule has 5 heteroatoms. The second kappa shape index (κ2) is 4.34. The predicted octanol–water partition coefficient (Wildman–Crippen LogP) is 1.84. The van der Waals surface area contributed by atoms with E-state index in [0.717, 1.165) is 17.8 Å². The number of hydrogen-bond donors (Lipinski definition) is 1. The van der Waals surface area contributed by atoms with Crippen LogP contribution in [-0.2, 0) is 9.09 Å². The van der Waals surface area contributed by atoms with E-state index >= 15 is 0 Å². The molecule has 1 atom stereocenters. The molecular formula is C4H12NO2PS. The molecule has 2 N–H and O–H groups in total. The van der Waals surface area contributed by atoms with Crippen molar-refractivity contribution in [1.82, 2.24) is 0 Å². The van der Waals surface area contributed by atoms with E-state index in [1.165, 1.54) is 0 Å². The highest BCUT2D eigenvalue weighted by Crippen LogP contribution is 2.49. The van der Waals surface area contributed by atoms with Gasteiger partial charge in [0.15, 0.2) is 0 Å². The lowest BCUT2D eigenvalue weighted by atomic mass is 10.5. The summed E-state index contributed by atoms with van der Waals surface area (Å²) in [5, 5.41) is 0. The molecule has 0 aromatic heterocycles. The minimum atomic E-state index is -2.77. The van der Waals surface area contributed by atoms with Crippen molar-refractivity contribution >= 4 is 18.1 Å². The molecule has 0 amide bonds. The first kappa shape index (κ1) is 9.50. The fourth-order valence-corrected chi connectivity index (χ4v) is 1.35. The molecule has 1 unspecified atom stereocenters. The topological polar surface area (TPSA) is 52.3 Å². The van der Waals surface area contributed by atoms with Gasteiger partial charge in [0, 0.05) is 0 Å². The molecule has 0 radical (unpaired) electrons. The summed E-state index contributed by atoms with van der Waals surface area (Å²) in [5.74, 6) is 0. The molecule has 0 aliphatic rings. The Morgan fingerprint density at radius 1 is 1.78 bits per heavy atom. The molecule has 0 aliphatic heterocycles. The zero-order valence-electron chi connectivity index (χ0n) is 5.66. The van der Waals surface area contributed by atoms with Gasteiger partial charge in [0.25, 0.3) is 0 Å². The smallest absolute Gasteiger partial charge is 0.310 e. The van der Waals surface area contributed by atoms with Crippen molar-refractivity contribution in [2.75, 3.05) is 12.9 Å². The van der Waals surface area contributed by atoms with Crippen molar-refractivity contribution in [2.24, 2.45) is 5.50 Å². The Labute approximate surface area is 59.6 Å². The van der Waals surface area contributed by atoms with E-state index in [1.807, 2.05) is 6.92 Å². The molecule has 3 nitrogen and oxygen atoms in total. The Morgan fingerprint density at radius 3 is 2.67 bits per heavy atom. The lowest BCUT2D eigenvalue weighted by molar-refractivity contribution is 0.325. The Balaban J connectivity index is 3.46. The number of hydrogen-bond acceptors (Lipinski definition) is 3. The summed E-state index contributed by atoms with van der Waals surface area (Å²) in [5.41, 5.74) is 5.20. The van der Waals surface area contributed by atoms with Crippen molar-refractivity contribution in [3.8, 4) is 0 Å². The van der Waals surface area contributed by atoms with Crippen LogP contribution in [0.4, 0.5) is 0 Å². The summed E-state index contributed by atoms with van der Waals surface area (Å²) in [6.45, 7) is -0.348. The third kappa shape index (κ3) is 4.97. The highest BCUT2D eigenvalue weighted by atomic mass is 32.7. The minimum absolute atomic E-state index is 0.481. The second-order valence-corrected chi connectivity index (χ2v) is 5.88. The Bertz CT molecular complexity index is 119. The van der Waals surface area contributed by atoms with Crippen LogP contribution in [0.2, 0.25) is 0 Å². The van der Waals surface area contributed by atoms with Gasteiger partial charge in [0.05, 0.1) is 6.61 Å². The van der Waals surface area contributed by atoms with Crippen LogP contribution >= 0.6 is 18.1 Å². The van der Waals surface area contributed by atoms with E-state index in [9.17, 15) is 4.57 Å². The van der Waals surface area contributed by atoms with Crippen molar-refractivity contribution in [3.05, 3.63) is 0 Å². The van der Waals surface area contributed by atoms with Gasteiger partial charge in [-0.2, -0.15) is 0 Å². The van der Waals surface area contributed by atoms with Gasteiger partial charge < -0.3 is 4.52 Å². The predicted molar refractivity (Wildman–Crippen MR) is 41.6 cm³/mol. The number of nitrogens with two attached hydrogens (primary N) is 1. The summed E-state index contributed by atoms with van der Waals surface area (Å²) >= 11 is 1.08. The second-order valence-electron chi connectivity index (χ2n) is 1.56. The molecule has 0 aromatic carbocycles. The first-order valence-electron chi connectivity index (χ1n) is 2.71. The highest BCUT2D eigenvalue weighted by molar-refractivity contribution is 8.55. The maximum atomic E-state index is 10.9. The lowest BCUT2D eigenvalue weighted by Crippen LogP contribution is -1.96. The molecule has 0 aromatic rings. The Kier molecular flexibility index (Phi) is 4.58. The van der Waals surface area contributed by atoms with Crippen molar-refractivity contribution in [2.45, 2.75) is 13.3 Å². The largest absolute Gasteiger partial charge is 0.323 e. The average molecular weight is 169 g/mol. The summed E-state index contributed by atoms with van der Waals surface area (Å²) in [7, 11) is 0. The average Bonchev–Trinajstić information content (AvgIpc) is 1.84. The molecule has 9 heavy (non-hydrogen) atoms. The SMILES string of the molecule is CCCOP(N)(=O)SC. The first-order chi connectivity index (χ1) is 4.12. The maximum Gasteiger partial charge on any atom is 0.323 e. The zero-order chi connectivity index (χ0) is 7.33. The van der Waals surface area contributed by atoms with Crippen LogP contribution in [0, 0.1) is 0 Å². The number of rotatable bonds is 4. The van der Waals surface area contributed by atoms with Crippen molar-refractivity contribution < 1.29 is 9.09 Å². The van der Waals surface area contributed by atoms with Gasteiger partial charge in [-0.05, 0) is 12.7 Å². The molecule has 0 spiro atoms. The van der Waals surface area contributed by atoms with Crippen molar-refractivity contribution in [3.63, 3.8) is 0 Å². The van der Waals surface area contributed by atoms with Crippen LogP contribution in [-0.4, -0.2) is 12.9 Å². The molecule has 0 aliphatic carbocycles. The van der Waals surface area contributed by atoms with Crippen molar-refractivity contribution in [1.29, 1.82) is 0 Å². The van der Waals surface area contributed by atoms with E-state index in [-0.39, 0.29) is 0 Å². The van der Waals surface area contributed by atoms with E-state index in [4.69, 9.17) is 10.0 Å². The summed E-state index contributed by atoms with van der Waals surface area (Å²) in [6.07, 6.45) is 2.53. The van der Waals surface area contributed by atoms with Crippen LogP contribution in [0.1, 0.15) is 13.3 Å².